The fourth-order valence-electron chi connectivity index (χ4n) is 15.3. The molecule has 6 aliphatic rings. The Hall–Kier alpha value is -6.24. The van der Waals surface area contributed by atoms with Gasteiger partial charge in [-0.3, -0.25) is 53.1 Å². The number of carbonyl (C=O) groups is 7. The van der Waals surface area contributed by atoms with Gasteiger partial charge in [0.15, 0.2) is 6.23 Å². The summed E-state index contributed by atoms with van der Waals surface area (Å²) >= 11 is 0. The number of allylic oxidation sites excluding steroid dienone is 6. The van der Waals surface area contributed by atoms with Gasteiger partial charge in [-0.15, -0.1) is 12.4 Å². The normalized spacial score (nSPS) is 33.1. The van der Waals surface area contributed by atoms with E-state index in [1.165, 1.54) is 17.8 Å². The van der Waals surface area contributed by atoms with Gasteiger partial charge in [-0.1, -0.05) is 40.7 Å². The van der Waals surface area contributed by atoms with Crippen molar-refractivity contribution < 1.29 is 89.3 Å². The average Bonchev–Trinajstić information content (AvgIpc) is 1.53. The van der Waals surface area contributed by atoms with E-state index in [9.17, 15) is 53.2 Å². The largest absolute Gasteiger partial charge is 2.00 e. The third-order valence-electron chi connectivity index (χ3n) is 20.5. The van der Waals surface area contributed by atoms with Crippen LogP contribution in [0.15, 0.2) is 67.8 Å². The van der Waals surface area contributed by atoms with E-state index in [4.69, 9.17) is 68.5 Å². The molecular formula is C62H91ClCoN13O15P. The van der Waals surface area contributed by atoms with Crippen molar-refractivity contribution in [2.24, 2.45) is 94.7 Å². The number of rotatable bonds is 26. The van der Waals surface area contributed by atoms with Crippen LogP contribution in [0.5, 0.6) is 0 Å². The Morgan fingerprint density at radius 1 is 0.796 bits per heavy atom. The van der Waals surface area contributed by atoms with Crippen molar-refractivity contribution >= 4 is 89.7 Å². The van der Waals surface area contributed by atoms with Crippen LogP contribution in [0.25, 0.3) is 16.4 Å². The molecule has 8 bridgehead atoms. The third kappa shape index (κ3) is 14.9. The van der Waals surface area contributed by atoms with Gasteiger partial charge in [0, 0.05) is 108 Å². The zero-order chi connectivity index (χ0) is 66.7. The first-order chi connectivity index (χ1) is 41.8. The van der Waals surface area contributed by atoms with Crippen LogP contribution in [0.3, 0.4) is 0 Å². The SMILES string of the molecule is C/C1=C2/[N-]C([C@H](CC(N)=O)[C@@]2(C)CCC(=O)NC[C@H](C)OP(=O)([O-])O[C@H]2[C@@H](O)[C@@H](n3cnc4cc(C)c(C)cc43)O[C@@H]2CO)[C@]2(C)N=C(/C(C)=C3N=C(/C=C4N=C1[C@@H](CCC(N)=O)C\4(C)C)[C@@H](CCC(N)=O)[C@]\3(C)CC(N)=O)[C@@H](CCC(N)=O)[C@]2(C)CC(N)=O.Cl.O.[Co+2]. The molecular weight excluding hydrogens is 1290 g/mol. The molecule has 6 aliphatic heterocycles. The van der Waals surface area contributed by atoms with Gasteiger partial charge in [-0.2, -0.15) is 5.70 Å². The molecule has 15 atom stereocenters. The van der Waals surface area contributed by atoms with Crippen LogP contribution in [0.2, 0.25) is 0 Å². The van der Waals surface area contributed by atoms with Crippen LogP contribution < -0.4 is 44.6 Å². The standard InChI is InChI=1S/C62H90N13O14P.ClH.Co.H2O/c1-29-20-39-40(21-30(29)2)75(28-70-39)57-52(84)53(41(27-76)87-57)89-90(85,86)88-31(3)26-69-49(83)18-19-59(8)37(22-46(66)80)56-62(11)61(10,25-48(68)82)36(14-17-45(65)79)51(74-62)33(5)55-60(9,24-47(67)81)34(12-15-43(63)77)38(71-55)23-42-58(6,7)35(13-16-44(64)78)50(72-42)32(4)54(59)73-56;;;/h20-21,23,28,31,34-37,41,52-53,56-57,76,84H,12-19,22,24-27H2,1-11H3,(H15,63,64,65,66,67,68,69,71,72,73,74,77,78,79,80,81,82,83,85,86);1H;;1H2/q;;+2;/p-2/t31-,34+,35+,36+,37-,41+,52+,53+,56?,57-,59+,60-,61-,62-;;;/m0.../s1. The number of nitrogens with zero attached hydrogens (tertiary/aromatic N) is 6. The average molecular weight is 1380 g/mol. The number of carbonyl (C=O) groups excluding carboxylic acids is 7. The number of ether oxygens (including phenoxy) is 1. The van der Waals surface area contributed by atoms with Gasteiger partial charge in [0.25, 0.3) is 7.82 Å². The Morgan fingerprint density at radius 3 is 1.95 bits per heavy atom. The molecule has 8 rings (SSSR count). The Morgan fingerprint density at radius 2 is 1.38 bits per heavy atom. The number of amides is 7. The van der Waals surface area contributed by atoms with Gasteiger partial charge >= 0.3 is 16.8 Å². The Labute approximate surface area is 557 Å². The molecule has 1 aromatic heterocycles. The van der Waals surface area contributed by atoms with Crippen LogP contribution in [-0.2, 0) is 68.7 Å². The number of aliphatic hydroxyl groups is 2. The number of hydrogen-bond acceptors (Lipinski definition) is 18. The van der Waals surface area contributed by atoms with E-state index < -0.39 is 143 Å². The summed E-state index contributed by atoms with van der Waals surface area (Å²) in [7, 11) is -5.32. The van der Waals surface area contributed by atoms with Crippen molar-refractivity contribution in [3.8, 4) is 0 Å². The van der Waals surface area contributed by atoms with E-state index in [1.807, 2.05) is 80.5 Å². The minimum atomic E-state index is -5.32. The smallest absolute Gasteiger partial charge is 0.756 e. The molecule has 2 aromatic rings. The van der Waals surface area contributed by atoms with E-state index >= 15 is 0 Å². The molecule has 7 heterocycles. The molecule has 0 spiro atoms. The van der Waals surface area contributed by atoms with Gasteiger partial charge in [-0.05, 0) is 119 Å². The summed E-state index contributed by atoms with van der Waals surface area (Å²) in [6, 6.07) is 2.65. The van der Waals surface area contributed by atoms with Gasteiger partial charge in [0.05, 0.1) is 41.3 Å². The minimum absolute atomic E-state index is 0. The molecule has 93 heavy (non-hydrogen) atoms. The first-order valence-electron chi connectivity index (χ1n) is 30.5. The molecule has 1 radical (unpaired) electrons. The summed E-state index contributed by atoms with van der Waals surface area (Å²) in [6.07, 6.45) is -4.79. The van der Waals surface area contributed by atoms with Crippen LogP contribution >= 0.6 is 20.2 Å². The Bertz CT molecular complexity index is 3550. The van der Waals surface area contributed by atoms with E-state index in [0.717, 1.165) is 11.1 Å². The Balaban J connectivity index is 0.00000523. The molecule has 2 unspecified atom stereocenters. The maximum absolute atomic E-state index is 14.4. The summed E-state index contributed by atoms with van der Waals surface area (Å²) in [5.41, 5.74) is 36.7. The number of aliphatic imine (C=N–C) groups is 3. The van der Waals surface area contributed by atoms with E-state index in [-0.39, 0.29) is 112 Å². The predicted molar refractivity (Wildman–Crippen MR) is 342 cm³/mol. The molecule has 0 saturated carbocycles. The number of imidazole rings is 1. The second kappa shape index (κ2) is 29.0. The zero-order valence-electron chi connectivity index (χ0n) is 54.4. The summed E-state index contributed by atoms with van der Waals surface area (Å²) < 4.78 is 31.9. The molecule has 28 nitrogen and oxygen atoms in total. The van der Waals surface area contributed by atoms with Crippen molar-refractivity contribution in [3.05, 3.63) is 69.2 Å². The predicted octanol–water partition coefficient (Wildman–Crippen LogP) is 2.91. The van der Waals surface area contributed by atoms with E-state index in [1.54, 1.807) is 6.92 Å². The van der Waals surface area contributed by atoms with Gasteiger partial charge in [-0.25, -0.2) is 4.98 Å². The van der Waals surface area contributed by atoms with Crippen LogP contribution in [0.4, 0.5) is 0 Å². The third-order valence-corrected chi connectivity index (χ3v) is 21.6. The maximum Gasteiger partial charge on any atom is 2.00 e. The summed E-state index contributed by atoms with van der Waals surface area (Å²) in [5.74, 6) is -7.40. The topological polar surface area (TPSA) is 496 Å². The molecule has 31 heteroatoms. The summed E-state index contributed by atoms with van der Waals surface area (Å²) in [4.78, 5) is 128. The van der Waals surface area contributed by atoms with Gasteiger partial charge in [0.2, 0.25) is 41.4 Å². The number of phosphoric acid groups is 1. The molecule has 515 valence electrons. The number of hydrogen-bond donors (Lipinski definition) is 9. The van der Waals surface area contributed by atoms with Crippen molar-refractivity contribution in [2.45, 2.75) is 189 Å². The Kier molecular flexibility index (Phi) is 24.2. The molecule has 17 N–H and O–H groups in total. The van der Waals surface area contributed by atoms with E-state index in [0.29, 0.717) is 56.4 Å². The summed E-state index contributed by atoms with van der Waals surface area (Å²) in [5, 5.41) is 30.1. The first kappa shape index (κ1) is 77.5. The van der Waals surface area contributed by atoms with Crippen molar-refractivity contribution in [2.75, 3.05) is 13.2 Å². The quantitative estimate of drug-likeness (QED) is 0.0612. The molecule has 1 aromatic carbocycles. The van der Waals surface area contributed by atoms with Crippen LogP contribution in [0, 0.1) is 59.2 Å². The van der Waals surface area contributed by atoms with Crippen molar-refractivity contribution in [1.82, 2.24) is 14.9 Å². The second-order valence-electron chi connectivity index (χ2n) is 27.0. The second-order valence-corrected chi connectivity index (χ2v) is 28.3. The molecule has 7 amide bonds. The monoisotopic (exact) mass is 1380 g/mol. The first-order valence-corrected chi connectivity index (χ1v) is 32.0. The molecule has 0 aliphatic carbocycles. The van der Waals surface area contributed by atoms with Crippen molar-refractivity contribution in [1.29, 1.82) is 0 Å². The maximum atomic E-state index is 14.4. The molecule has 2 saturated heterocycles. The minimum Gasteiger partial charge on any atom is -0.756 e. The van der Waals surface area contributed by atoms with Gasteiger partial charge in [0.1, 0.15) is 18.3 Å². The zero-order valence-corrected chi connectivity index (χ0v) is 57.2. The number of aromatic nitrogens is 2. The van der Waals surface area contributed by atoms with Crippen LogP contribution in [0.1, 0.15) is 150 Å². The number of nitrogens with two attached hydrogens (primary N) is 6. The fourth-order valence-corrected chi connectivity index (χ4v) is 16.4. The summed E-state index contributed by atoms with van der Waals surface area (Å²) in [6.45, 7) is 19.0. The number of phosphoric ester groups is 1. The van der Waals surface area contributed by atoms with Gasteiger partial charge < -0.3 is 84.0 Å². The molecule has 2 fully saturated rings. The fraction of sp³-hybridized carbons (Fsp3) is 0.629. The number of halogens is 1. The number of nitrogens with one attached hydrogen (secondary N) is 1. The number of aliphatic hydroxyl groups excluding tert-OH is 2. The number of benzene rings is 1. The van der Waals surface area contributed by atoms with Crippen LogP contribution in [-0.4, -0.2) is 133 Å². The number of primary amides is 6. The van der Waals surface area contributed by atoms with Crippen molar-refractivity contribution in [3.63, 3.8) is 0 Å². The number of aryl methyl sites for hydroxylation is 2. The van der Waals surface area contributed by atoms with E-state index in [2.05, 4.69) is 10.3 Å². The number of fused-ring (bicyclic) bond motifs is 7.